The van der Waals surface area contributed by atoms with E-state index >= 15 is 0 Å². The van der Waals surface area contributed by atoms with Crippen molar-refractivity contribution in [1.29, 1.82) is 0 Å². The largest absolute Gasteiger partial charge is 0.369 e. The summed E-state index contributed by atoms with van der Waals surface area (Å²) >= 11 is 0. The molecule has 1 unspecified atom stereocenters. The Morgan fingerprint density at radius 1 is 0.857 bits per heavy atom. The Morgan fingerprint density at radius 3 is 2.00 bits per heavy atom. The fourth-order valence-corrected chi connectivity index (χ4v) is 5.09. The van der Waals surface area contributed by atoms with Crippen LogP contribution in [0.3, 0.4) is 0 Å². The number of hydrogen-bond acceptors (Lipinski definition) is 6. The number of likely N-dealkylation sites (N-methyl/N-ethyl adjacent to an activating group) is 1. The average molecular weight is 478 g/mol. The second-order valence-corrected chi connectivity index (χ2v) is 9.60. The lowest BCUT2D eigenvalue weighted by molar-refractivity contribution is -0.131. The first-order valence-electron chi connectivity index (χ1n) is 12.9. The Kier molecular flexibility index (Phi) is 8.55. The van der Waals surface area contributed by atoms with Gasteiger partial charge < -0.3 is 25.8 Å². The van der Waals surface area contributed by atoms with Crippen molar-refractivity contribution in [2.24, 2.45) is 0 Å². The van der Waals surface area contributed by atoms with Crippen LogP contribution in [0.2, 0.25) is 0 Å². The molecule has 1 amide bonds. The predicted octanol–water partition coefficient (Wildman–Crippen LogP) is 1.86. The van der Waals surface area contributed by atoms with Gasteiger partial charge in [-0.2, -0.15) is 0 Å². The number of carbonyl (C=O) groups is 2. The van der Waals surface area contributed by atoms with Crippen molar-refractivity contribution in [2.45, 2.75) is 31.7 Å². The highest BCUT2D eigenvalue weighted by molar-refractivity contribution is 6.03. The minimum atomic E-state index is -0.672. The molecule has 2 aromatic rings. The molecule has 0 bridgehead atoms. The molecule has 2 aromatic carbocycles. The first kappa shape index (κ1) is 25.4. The normalized spacial score (nSPS) is 18.2. The van der Waals surface area contributed by atoms with Gasteiger partial charge in [0.2, 0.25) is 5.91 Å². The van der Waals surface area contributed by atoms with Gasteiger partial charge in [0.05, 0.1) is 12.0 Å². The van der Waals surface area contributed by atoms with Crippen molar-refractivity contribution in [3.05, 3.63) is 65.2 Å². The topological polar surface area (TPSA) is 76.7 Å². The lowest BCUT2D eigenvalue weighted by atomic mass is 9.81. The van der Waals surface area contributed by atoms with Gasteiger partial charge in [-0.1, -0.05) is 31.2 Å². The van der Waals surface area contributed by atoms with E-state index in [-0.39, 0.29) is 11.7 Å². The van der Waals surface area contributed by atoms with Gasteiger partial charge in [0.25, 0.3) is 0 Å². The highest BCUT2D eigenvalue weighted by Crippen LogP contribution is 2.25. The molecule has 2 fully saturated rings. The number of rotatable bonds is 9. The minimum Gasteiger partial charge on any atom is -0.369 e. The van der Waals surface area contributed by atoms with Crippen LogP contribution in [0.1, 0.15) is 34.8 Å². The first-order chi connectivity index (χ1) is 17.0. The number of nitrogens with zero attached hydrogens (tertiary/aromatic N) is 2. The van der Waals surface area contributed by atoms with Crippen LogP contribution in [-0.4, -0.2) is 81.5 Å². The van der Waals surface area contributed by atoms with Crippen LogP contribution in [0.4, 0.5) is 5.69 Å². The molecule has 35 heavy (non-hydrogen) atoms. The quantitative estimate of drug-likeness (QED) is 0.479. The maximum Gasteiger partial charge on any atom is 0.227 e. The van der Waals surface area contributed by atoms with E-state index in [1.54, 1.807) is 0 Å². The highest BCUT2D eigenvalue weighted by Gasteiger charge is 2.35. The Labute approximate surface area is 209 Å². The van der Waals surface area contributed by atoms with Crippen molar-refractivity contribution in [3.63, 3.8) is 0 Å². The fourth-order valence-electron chi connectivity index (χ4n) is 5.09. The second kappa shape index (κ2) is 11.8. The Hall–Kier alpha value is -2.74. The van der Waals surface area contributed by atoms with Crippen LogP contribution in [-0.2, 0) is 17.6 Å². The fraction of sp³-hybridized carbons (Fsp3) is 0.500. The second-order valence-electron chi connectivity index (χ2n) is 9.60. The molecule has 2 aliphatic heterocycles. The first-order valence-corrected chi connectivity index (χ1v) is 12.9. The van der Waals surface area contributed by atoms with Gasteiger partial charge in [-0.05, 0) is 55.3 Å². The number of amides is 1. The molecule has 7 nitrogen and oxygen atoms in total. The van der Waals surface area contributed by atoms with E-state index in [1.165, 1.54) is 5.69 Å². The number of hydrogen-bond donors (Lipinski definition) is 3. The molecule has 1 atom stereocenters. The predicted molar refractivity (Wildman–Crippen MR) is 141 cm³/mol. The van der Waals surface area contributed by atoms with Gasteiger partial charge in [0.15, 0.2) is 5.78 Å². The average Bonchev–Trinajstić information content (AvgIpc) is 2.93. The lowest BCUT2D eigenvalue weighted by Gasteiger charge is -2.32. The van der Waals surface area contributed by atoms with Gasteiger partial charge in [-0.25, -0.2) is 0 Å². The summed E-state index contributed by atoms with van der Waals surface area (Å²) in [5, 5.41) is 10.0. The standard InChI is InChI=1S/C28H39N5O2/c1-3-28(29-2,27(35)24-8-10-25(11-9-24)32-16-12-30-13-17-32)21-23-6-4-22(5-7-23)20-26(34)33-18-14-31-15-19-33/h4-11,29-31H,3,12-21H2,1-2H3. The van der Waals surface area contributed by atoms with Crippen LogP contribution in [0.25, 0.3) is 0 Å². The molecule has 2 saturated heterocycles. The molecule has 3 N–H and O–H groups in total. The van der Waals surface area contributed by atoms with Gasteiger partial charge in [0, 0.05) is 63.6 Å². The molecule has 188 valence electrons. The SMILES string of the molecule is CCC(Cc1ccc(CC(=O)N2CCNCC2)cc1)(NC)C(=O)c1ccc(N2CCNCC2)cc1. The number of nitrogens with one attached hydrogen (secondary N) is 3. The molecule has 2 heterocycles. The minimum absolute atomic E-state index is 0.118. The van der Waals surface area contributed by atoms with Crippen molar-refractivity contribution < 1.29 is 9.59 Å². The lowest BCUT2D eigenvalue weighted by Crippen LogP contribution is -2.51. The van der Waals surface area contributed by atoms with E-state index in [0.29, 0.717) is 19.3 Å². The Balaban J connectivity index is 1.42. The van der Waals surface area contributed by atoms with E-state index < -0.39 is 5.54 Å². The van der Waals surface area contributed by atoms with Crippen LogP contribution >= 0.6 is 0 Å². The van der Waals surface area contributed by atoms with E-state index in [2.05, 4.69) is 52.0 Å². The van der Waals surface area contributed by atoms with Gasteiger partial charge in [-0.3, -0.25) is 9.59 Å². The number of carbonyl (C=O) groups excluding carboxylic acids is 2. The third-order valence-electron chi connectivity index (χ3n) is 7.48. The zero-order valence-electron chi connectivity index (χ0n) is 21.1. The highest BCUT2D eigenvalue weighted by atomic mass is 16.2. The summed E-state index contributed by atoms with van der Waals surface area (Å²) in [7, 11) is 1.87. The van der Waals surface area contributed by atoms with Crippen LogP contribution in [0.5, 0.6) is 0 Å². The number of ketones is 1. The summed E-state index contributed by atoms with van der Waals surface area (Å²) < 4.78 is 0. The smallest absolute Gasteiger partial charge is 0.227 e. The molecular weight excluding hydrogens is 438 g/mol. The van der Waals surface area contributed by atoms with Crippen LogP contribution < -0.4 is 20.9 Å². The maximum atomic E-state index is 13.7. The maximum absolute atomic E-state index is 13.7. The molecule has 7 heteroatoms. The van der Waals surface area contributed by atoms with E-state index in [1.807, 2.05) is 36.2 Å². The van der Waals surface area contributed by atoms with Crippen molar-refractivity contribution in [1.82, 2.24) is 20.9 Å². The van der Waals surface area contributed by atoms with Crippen molar-refractivity contribution in [2.75, 3.05) is 64.3 Å². The number of piperazine rings is 2. The monoisotopic (exact) mass is 477 g/mol. The Morgan fingerprint density at radius 2 is 1.43 bits per heavy atom. The van der Waals surface area contributed by atoms with Gasteiger partial charge >= 0.3 is 0 Å². The zero-order chi connectivity index (χ0) is 24.7. The van der Waals surface area contributed by atoms with E-state index in [0.717, 1.165) is 69.0 Å². The molecule has 4 rings (SSSR count). The van der Waals surface area contributed by atoms with Crippen molar-refractivity contribution >= 4 is 17.4 Å². The molecule has 0 radical (unpaired) electrons. The summed E-state index contributed by atoms with van der Waals surface area (Å²) in [4.78, 5) is 30.5. The third kappa shape index (κ3) is 6.10. The van der Waals surface area contributed by atoms with Crippen LogP contribution in [0, 0.1) is 0 Å². The zero-order valence-corrected chi connectivity index (χ0v) is 21.1. The molecular formula is C28H39N5O2. The summed E-state index contributed by atoms with van der Waals surface area (Å²) in [5.41, 5.74) is 3.33. The molecule has 0 spiro atoms. The Bertz CT molecular complexity index is 973. The van der Waals surface area contributed by atoms with Crippen LogP contribution in [0.15, 0.2) is 48.5 Å². The third-order valence-corrected chi connectivity index (χ3v) is 7.48. The summed E-state index contributed by atoms with van der Waals surface area (Å²) in [6.45, 7) is 9.28. The van der Waals surface area contributed by atoms with E-state index in [4.69, 9.17) is 0 Å². The van der Waals surface area contributed by atoms with Crippen molar-refractivity contribution in [3.8, 4) is 0 Å². The summed E-state index contributed by atoms with van der Waals surface area (Å²) in [6, 6.07) is 16.2. The molecule has 2 aliphatic rings. The number of Topliss-reactive ketones (excluding diaryl/α,β-unsaturated/α-hetero) is 1. The summed E-state index contributed by atoms with van der Waals surface area (Å²) in [6.07, 6.45) is 1.71. The molecule has 0 aliphatic carbocycles. The van der Waals surface area contributed by atoms with Gasteiger partial charge in [-0.15, -0.1) is 0 Å². The number of anilines is 1. The summed E-state index contributed by atoms with van der Waals surface area (Å²) in [5.74, 6) is 0.296. The number of benzene rings is 2. The molecule has 0 aromatic heterocycles. The molecule has 0 saturated carbocycles. The van der Waals surface area contributed by atoms with E-state index in [9.17, 15) is 9.59 Å². The van der Waals surface area contributed by atoms with Gasteiger partial charge in [0.1, 0.15) is 0 Å².